The molecule has 3 aromatic rings. The van der Waals surface area contributed by atoms with Gasteiger partial charge in [-0.25, -0.2) is 13.8 Å². The molecule has 2 aromatic heterocycles. The Morgan fingerprint density at radius 3 is 2.35 bits per heavy atom. The number of halogens is 2. The van der Waals surface area contributed by atoms with Gasteiger partial charge in [0.05, 0.1) is 23.8 Å². The van der Waals surface area contributed by atoms with Gasteiger partial charge in [0.25, 0.3) is 0 Å². The number of nitrogens with zero attached hydrogens (tertiary/aromatic N) is 2. The molecule has 1 aliphatic rings. The Kier molecular flexibility index (Phi) is 6.21. The molecule has 0 radical (unpaired) electrons. The summed E-state index contributed by atoms with van der Waals surface area (Å²) < 4.78 is 26.7. The van der Waals surface area contributed by atoms with Crippen molar-refractivity contribution in [1.82, 2.24) is 9.97 Å². The molecule has 1 fully saturated rings. The van der Waals surface area contributed by atoms with Crippen LogP contribution < -0.4 is 5.32 Å². The summed E-state index contributed by atoms with van der Waals surface area (Å²) in [5.41, 5.74) is 3.58. The number of rotatable bonds is 6. The highest BCUT2D eigenvalue weighted by Gasteiger charge is 2.24. The fraction of sp³-hybridized carbons (Fsp3) is 0.292. The van der Waals surface area contributed by atoms with Crippen LogP contribution in [0.4, 0.5) is 20.3 Å². The molecule has 160 valence electrons. The van der Waals surface area contributed by atoms with Crippen molar-refractivity contribution in [2.45, 2.75) is 38.0 Å². The number of carboxylic acid groups (broad SMARTS) is 1. The minimum Gasteiger partial charge on any atom is -0.481 e. The highest BCUT2D eigenvalue weighted by Crippen LogP contribution is 2.37. The number of benzene rings is 1. The third kappa shape index (κ3) is 5.23. The second-order valence-electron chi connectivity index (χ2n) is 7.98. The molecule has 0 aliphatic heterocycles. The summed E-state index contributed by atoms with van der Waals surface area (Å²) in [7, 11) is 0. The Morgan fingerprint density at radius 1 is 1.00 bits per heavy atom. The Hall–Kier alpha value is -3.35. The van der Waals surface area contributed by atoms with Gasteiger partial charge < -0.3 is 10.4 Å². The summed E-state index contributed by atoms with van der Waals surface area (Å²) in [4.78, 5) is 19.0. The van der Waals surface area contributed by atoms with E-state index in [1.165, 1.54) is 5.56 Å². The van der Waals surface area contributed by atoms with E-state index in [9.17, 15) is 13.6 Å². The number of aromatic nitrogens is 2. The van der Waals surface area contributed by atoms with E-state index in [4.69, 9.17) is 5.11 Å². The summed E-state index contributed by atoms with van der Waals surface area (Å²) in [5, 5.41) is 11.8. The van der Waals surface area contributed by atoms with Crippen molar-refractivity contribution in [1.29, 1.82) is 0 Å². The number of hydrogen-bond donors (Lipinski definition) is 2. The zero-order valence-corrected chi connectivity index (χ0v) is 16.9. The molecule has 5 nitrogen and oxygen atoms in total. The van der Waals surface area contributed by atoms with Gasteiger partial charge >= 0.3 is 5.97 Å². The highest BCUT2D eigenvalue weighted by molar-refractivity contribution is 5.67. The zero-order valence-electron chi connectivity index (χ0n) is 16.9. The first-order valence-electron chi connectivity index (χ1n) is 10.3. The van der Waals surface area contributed by atoms with E-state index in [-0.39, 0.29) is 12.2 Å². The molecule has 1 saturated carbocycles. The molecule has 1 aliphatic carbocycles. The Morgan fingerprint density at radius 2 is 1.74 bits per heavy atom. The van der Waals surface area contributed by atoms with Gasteiger partial charge in [-0.05, 0) is 55.2 Å². The predicted molar refractivity (Wildman–Crippen MR) is 114 cm³/mol. The van der Waals surface area contributed by atoms with Crippen molar-refractivity contribution in [3.8, 4) is 11.3 Å². The molecule has 0 saturated heterocycles. The molecule has 0 spiro atoms. The van der Waals surface area contributed by atoms with E-state index in [0.717, 1.165) is 49.2 Å². The van der Waals surface area contributed by atoms with Crippen molar-refractivity contribution in [2.24, 2.45) is 5.92 Å². The minimum atomic E-state index is -0.767. The lowest BCUT2D eigenvalue weighted by Gasteiger charge is -2.28. The summed E-state index contributed by atoms with van der Waals surface area (Å²) >= 11 is 0. The van der Waals surface area contributed by atoms with E-state index in [2.05, 4.69) is 27.4 Å². The molecular formula is C24H23F2N3O2. The number of carbonyl (C=O) groups is 1. The van der Waals surface area contributed by atoms with Crippen LogP contribution in [0.3, 0.4) is 0 Å². The molecule has 0 amide bonds. The van der Waals surface area contributed by atoms with Crippen molar-refractivity contribution in [3.05, 3.63) is 72.1 Å². The summed E-state index contributed by atoms with van der Waals surface area (Å²) in [6, 6.07) is 12.7. The number of carboxylic acids is 1. The minimum absolute atomic E-state index is 0.0571. The fourth-order valence-corrected chi connectivity index (χ4v) is 4.15. The molecule has 2 N–H and O–H groups in total. The van der Waals surface area contributed by atoms with E-state index in [0.29, 0.717) is 17.5 Å². The number of nitrogens with one attached hydrogen (secondary N) is 1. The molecule has 31 heavy (non-hydrogen) atoms. The first-order chi connectivity index (χ1) is 15.0. The second-order valence-corrected chi connectivity index (χ2v) is 7.98. The average molecular weight is 423 g/mol. The van der Waals surface area contributed by atoms with Crippen LogP contribution in [0, 0.1) is 17.6 Å². The van der Waals surface area contributed by atoms with Crippen LogP contribution in [0.2, 0.25) is 0 Å². The third-order valence-electron chi connectivity index (χ3n) is 5.82. The van der Waals surface area contributed by atoms with E-state index in [1.54, 1.807) is 12.3 Å². The number of aliphatic carboxylic acids is 1. The van der Waals surface area contributed by atoms with Crippen LogP contribution >= 0.6 is 0 Å². The molecule has 0 atom stereocenters. The van der Waals surface area contributed by atoms with Gasteiger partial charge in [0.2, 0.25) is 0 Å². The lowest BCUT2D eigenvalue weighted by molar-refractivity contribution is -0.138. The van der Waals surface area contributed by atoms with Gasteiger partial charge in [-0.2, -0.15) is 0 Å². The van der Waals surface area contributed by atoms with E-state index < -0.39 is 17.6 Å². The molecule has 4 rings (SSSR count). The quantitative estimate of drug-likeness (QED) is 0.515. The van der Waals surface area contributed by atoms with Gasteiger partial charge in [-0.3, -0.25) is 9.78 Å². The monoisotopic (exact) mass is 423 g/mol. The first-order valence-corrected chi connectivity index (χ1v) is 10.3. The summed E-state index contributed by atoms with van der Waals surface area (Å²) in [6.07, 6.45) is 6.75. The lowest BCUT2D eigenvalue weighted by atomic mass is 9.77. The van der Waals surface area contributed by atoms with Crippen molar-refractivity contribution in [2.75, 3.05) is 5.32 Å². The summed E-state index contributed by atoms with van der Waals surface area (Å²) in [6.45, 7) is 0. The maximum atomic E-state index is 13.7. The van der Waals surface area contributed by atoms with Crippen molar-refractivity contribution < 1.29 is 18.7 Å². The van der Waals surface area contributed by atoms with Crippen LogP contribution in [0.1, 0.15) is 43.6 Å². The Bertz CT molecular complexity index is 1050. The maximum absolute atomic E-state index is 13.7. The van der Waals surface area contributed by atoms with Crippen LogP contribution in [-0.4, -0.2) is 21.0 Å². The van der Waals surface area contributed by atoms with Crippen molar-refractivity contribution in [3.63, 3.8) is 0 Å². The number of anilines is 2. The normalized spacial score (nSPS) is 18.5. The standard InChI is InChI=1S/C24H23F2N3O2/c25-19-12-21(26)24(28-13-19)29-20-9-10-22(27-14-20)18-7-5-17(6-8-18)16-3-1-15(2-4-16)11-23(30)31/h5-10,12-16H,1-4,11H2,(H,28,29)(H,30,31). The van der Waals surface area contributed by atoms with Gasteiger partial charge in [-0.1, -0.05) is 24.3 Å². The Labute approximate surface area is 179 Å². The van der Waals surface area contributed by atoms with Gasteiger partial charge in [0.1, 0.15) is 5.82 Å². The molecular weight excluding hydrogens is 400 g/mol. The molecule has 2 heterocycles. The third-order valence-corrected chi connectivity index (χ3v) is 5.82. The van der Waals surface area contributed by atoms with Gasteiger partial charge in [-0.15, -0.1) is 0 Å². The van der Waals surface area contributed by atoms with Crippen molar-refractivity contribution >= 4 is 17.5 Å². The number of hydrogen-bond acceptors (Lipinski definition) is 4. The van der Waals surface area contributed by atoms with Gasteiger partial charge in [0, 0.05) is 18.1 Å². The smallest absolute Gasteiger partial charge is 0.303 e. The van der Waals surface area contributed by atoms with E-state index in [1.807, 2.05) is 18.2 Å². The first kappa shape index (κ1) is 20.9. The fourth-order valence-electron chi connectivity index (χ4n) is 4.15. The molecule has 0 bridgehead atoms. The van der Waals surface area contributed by atoms with Crippen LogP contribution in [0.25, 0.3) is 11.3 Å². The van der Waals surface area contributed by atoms with Crippen LogP contribution in [0.5, 0.6) is 0 Å². The average Bonchev–Trinajstić information content (AvgIpc) is 2.77. The lowest BCUT2D eigenvalue weighted by Crippen LogP contribution is -2.16. The molecule has 0 unspecified atom stereocenters. The zero-order chi connectivity index (χ0) is 21.8. The van der Waals surface area contributed by atoms with Crippen LogP contribution in [0.15, 0.2) is 54.9 Å². The Balaban J connectivity index is 1.38. The maximum Gasteiger partial charge on any atom is 0.303 e. The van der Waals surface area contributed by atoms with Crippen LogP contribution in [-0.2, 0) is 4.79 Å². The second kappa shape index (κ2) is 9.20. The molecule has 1 aromatic carbocycles. The summed E-state index contributed by atoms with van der Waals surface area (Å²) in [5.74, 6) is -1.50. The van der Waals surface area contributed by atoms with E-state index >= 15 is 0 Å². The topological polar surface area (TPSA) is 75.1 Å². The van der Waals surface area contributed by atoms with Gasteiger partial charge in [0.15, 0.2) is 11.6 Å². The SMILES string of the molecule is O=C(O)CC1CCC(c2ccc(-c3ccc(Nc4ncc(F)cc4F)cn3)cc2)CC1. The highest BCUT2D eigenvalue weighted by atomic mass is 19.1. The molecule has 7 heteroatoms. The number of pyridine rings is 2. The predicted octanol–water partition coefficient (Wildman–Crippen LogP) is 5.91. The largest absolute Gasteiger partial charge is 0.481 e.